The molecule has 0 fully saturated rings. The predicted octanol–water partition coefficient (Wildman–Crippen LogP) is 1.02. The van der Waals surface area contributed by atoms with E-state index < -0.39 is 8.32 Å². The third-order valence-corrected chi connectivity index (χ3v) is 7.63. The largest absolute Gasteiger partial charge is 1.00 e. The first-order valence-electron chi connectivity index (χ1n) is 5.70. The van der Waals surface area contributed by atoms with Gasteiger partial charge in [0.15, 0.2) is 8.32 Å². The van der Waals surface area contributed by atoms with E-state index in [4.69, 9.17) is 4.43 Å². The summed E-state index contributed by atoms with van der Waals surface area (Å²) >= 11 is 0. The maximum Gasteiger partial charge on any atom is 1.00 e. The van der Waals surface area contributed by atoms with E-state index in [1.54, 1.807) is 0 Å². The van der Waals surface area contributed by atoms with Crippen LogP contribution < -0.4 is 18.9 Å². The molecule has 0 bridgehead atoms. The molecule has 0 aliphatic heterocycles. The Hall–Kier alpha value is 0.204. The summed E-state index contributed by atoms with van der Waals surface area (Å²) in [4.78, 5) is 0. The SMILES string of the molecule is [CH2-]C#CCCCCO[Si](C)(C)C(C)(C)C.[Li+]. The molecule has 0 unspecified atom stereocenters. The van der Waals surface area contributed by atoms with Crippen LogP contribution >= 0.6 is 0 Å². The molecule has 0 atom stereocenters. The van der Waals surface area contributed by atoms with Crippen molar-refractivity contribution in [3.63, 3.8) is 0 Å². The first-order chi connectivity index (χ1) is 6.81. The number of hydrogen-bond acceptors (Lipinski definition) is 1. The molecule has 0 spiro atoms. The maximum atomic E-state index is 6.05. The smallest absolute Gasteiger partial charge is 0.417 e. The topological polar surface area (TPSA) is 9.23 Å². The van der Waals surface area contributed by atoms with E-state index in [-0.39, 0.29) is 18.9 Å². The molecule has 88 valence electrons. The quantitative estimate of drug-likeness (QED) is 0.298. The fourth-order valence-electron chi connectivity index (χ4n) is 0.948. The van der Waals surface area contributed by atoms with Crippen molar-refractivity contribution in [2.24, 2.45) is 0 Å². The minimum atomic E-state index is -1.52. The molecule has 0 aliphatic carbocycles. The molecule has 0 rings (SSSR count). The minimum Gasteiger partial charge on any atom is -0.417 e. The van der Waals surface area contributed by atoms with E-state index in [2.05, 4.69) is 52.6 Å². The van der Waals surface area contributed by atoms with Gasteiger partial charge in [0.25, 0.3) is 0 Å². The van der Waals surface area contributed by atoms with Crippen LogP contribution in [0.2, 0.25) is 18.1 Å². The van der Waals surface area contributed by atoms with Crippen molar-refractivity contribution in [3.8, 4) is 11.8 Å². The molecular formula is C13H25LiOSi. The van der Waals surface area contributed by atoms with E-state index in [0.29, 0.717) is 5.04 Å². The van der Waals surface area contributed by atoms with Crippen LogP contribution in [0, 0.1) is 18.8 Å². The molecule has 1 nitrogen and oxygen atoms in total. The van der Waals surface area contributed by atoms with Gasteiger partial charge in [0.05, 0.1) is 0 Å². The number of hydrogen-bond donors (Lipinski definition) is 0. The Morgan fingerprint density at radius 2 is 1.75 bits per heavy atom. The first kappa shape index (κ1) is 18.6. The summed E-state index contributed by atoms with van der Waals surface area (Å²) in [7, 11) is -1.52. The van der Waals surface area contributed by atoms with Crippen LogP contribution in [0.25, 0.3) is 0 Å². The summed E-state index contributed by atoms with van der Waals surface area (Å²) in [5, 5.41) is 0.320. The Morgan fingerprint density at radius 3 is 2.19 bits per heavy atom. The van der Waals surface area contributed by atoms with Gasteiger partial charge < -0.3 is 10.3 Å². The molecule has 3 heteroatoms. The van der Waals surface area contributed by atoms with Gasteiger partial charge in [-0.1, -0.05) is 33.6 Å². The van der Waals surface area contributed by atoms with Crippen molar-refractivity contribution in [1.29, 1.82) is 0 Å². The molecule has 0 radical (unpaired) electrons. The van der Waals surface area contributed by atoms with Gasteiger partial charge in [0.2, 0.25) is 0 Å². The molecule has 0 amide bonds. The average molecular weight is 232 g/mol. The van der Waals surface area contributed by atoms with Gasteiger partial charge in [0.1, 0.15) is 0 Å². The van der Waals surface area contributed by atoms with E-state index in [0.717, 1.165) is 25.9 Å². The molecule has 0 aromatic carbocycles. The van der Waals surface area contributed by atoms with Gasteiger partial charge in [-0.15, -0.1) is 0 Å². The molecule has 0 aliphatic rings. The van der Waals surface area contributed by atoms with Crippen molar-refractivity contribution in [2.75, 3.05) is 6.61 Å². The molecule has 0 aromatic rings. The van der Waals surface area contributed by atoms with Crippen molar-refractivity contribution < 1.29 is 23.3 Å². The van der Waals surface area contributed by atoms with Crippen molar-refractivity contribution in [1.82, 2.24) is 0 Å². The van der Waals surface area contributed by atoms with Gasteiger partial charge in [-0.05, 0) is 24.6 Å². The van der Waals surface area contributed by atoms with Gasteiger partial charge in [-0.2, -0.15) is 6.92 Å². The maximum absolute atomic E-state index is 6.05. The van der Waals surface area contributed by atoms with Gasteiger partial charge in [-0.3, -0.25) is 5.92 Å². The monoisotopic (exact) mass is 232 g/mol. The first-order valence-corrected chi connectivity index (χ1v) is 8.61. The molecule has 0 saturated heterocycles. The fraction of sp³-hybridized carbons (Fsp3) is 0.769. The minimum absolute atomic E-state index is 0. The van der Waals surface area contributed by atoms with Crippen LogP contribution in [0.5, 0.6) is 0 Å². The molecule has 0 N–H and O–H groups in total. The summed E-state index contributed by atoms with van der Waals surface area (Å²) in [6.07, 6.45) is 3.18. The summed E-state index contributed by atoms with van der Waals surface area (Å²) < 4.78 is 6.05. The van der Waals surface area contributed by atoms with Crippen LogP contribution in [-0.2, 0) is 4.43 Å². The zero-order chi connectivity index (χ0) is 11.9. The fourth-order valence-corrected chi connectivity index (χ4v) is 2.04. The van der Waals surface area contributed by atoms with Crippen LogP contribution in [0.4, 0.5) is 0 Å². The van der Waals surface area contributed by atoms with E-state index in [1.807, 2.05) is 0 Å². The predicted molar refractivity (Wildman–Crippen MR) is 70.1 cm³/mol. The van der Waals surface area contributed by atoms with E-state index in [1.165, 1.54) is 0 Å². The van der Waals surface area contributed by atoms with Gasteiger partial charge in [-0.25, -0.2) is 0 Å². The Morgan fingerprint density at radius 1 is 1.19 bits per heavy atom. The molecule has 0 aromatic heterocycles. The summed E-state index contributed by atoms with van der Waals surface area (Å²) in [5.41, 5.74) is 0. The molecule has 0 heterocycles. The van der Waals surface area contributed by atoms with E-state index >= 15 is 0 Å². The zero-order valence-corrected chi connectivity index (χ0v) is 12.9. The Bertz CT molecular complexity index is 233. The third kappa shape index (κ3) is 7.47. The summed E-state index contributed by atoms with van der Waals surface area (Å²) in [6.45, 7) is 15.8. The van der Waals surface area contributed by atoms with Crippen molar-refractivity contribution >= 4 is 8.32 Å². The second-order valence-corrected chi connectivity index (χ2v) is 10.2. The standard InChI is InChI=1S/C13H25OSi.Li/c1-7-8-9-10-11-12-14-15(5,6)13(2,3)4;/h1,9-12H2,2-6H3;/q-1;+1. The van der Waals surface area contributed by atoms with Crippen LogP contribution in [-0.4, -0.2) is 14.9 Å². The average Bonchev–Trinajstić information content (AvgIpc) is 2.09. The number of unbranched alkanes of at least 4 members (excludes halogenated alkanes) is 2. The second kappa shape index (κ2) is 8.32. The molecular weight excluding hydrogens is 207 g/mol. The van der Waals surface area contributed by atoms with E-state index in [9.17, 15) is 0 Å². The Labute approximate surface area is 115 Å². The summed E-state index contributed by atoms with van der Waals surface area (Å²) in [6, 6.07) is 0. The zero-order valence-electron chi connectivity index (χ0n) is 11.9. The third-order valence-electron chi connectivity index (χ3n) is 3.09. The summed E-state index contributed by atoms with van der Waals surface area (Å²) in [5.74, 6) is 5.64. The van der Waals surface area contributed by atoms with Crippen molar-refractivity contribution in [3.05, 3.63) is 6.92 Å². The van der Waals surface area contributed by atoms with Crippen molar-refractivity contribution in [2.45, 2.75) is 58.2 Å². The number of rotatable bonds is 5. The molecule has 0 saturated carbocycles. The van der Waals surface area contributed by atoms with Crippen LogP contribution in [0.1, 0.15) is 40.0 Å². The van der Waals surface area contributed by atoms with Gasteiger partial charge >= 0.3 is 18.9 Å². The Kier molecular flexibility index (Phi) is 9.65. The normalized spacial score (nSPS) is 11.3. The van der Waals surface area contributed by atoms with Crippen LogP contribution in [0.15, 0.2) is 0 Å². The Balaban J connectivity index is 0. The molecule has 16 heavy (non-hydrogen) atoms. The second-order valence-electron chi connectivity index (χ2n) is 5.42. The van der Waals surface area contributed by atoms with Gasteiger partial charge in [0, 0.05) is 6.61 Å². The van der Waals surface area contributed by atoms with Crippen LogP contribution in [0.3, 0.4) is 0 Å².